The number of aryl methyl sites for hydroxylation is 1. The topological polar surface area (TPSA) is 84.2 Å². The summed E-state index contributed by atoms with van der Waals surface area (Å²) >= 11 is 0. The average molecular weight is 406 g/mol. The number of aromatic nitrogens is 3. The number of hydrogen-bond acceptors (Lipinski definition) is 6. The Hall–Kier alpha value is -2.96. The summed E-state index contributed by atoms with van der Waals surface area (Å²) in [6.45, 7) is 9.55. The lowest BCUT2D eigenvalue weighted by Gasteiger charge is -2.30. The number of hydrogen-bond donors (Lipinski definition) is 1. The SMILES string of the molecule is Cc1oc2ncnc(NC3(C)CC3)c2c1C(=O)N1CCc2c(C(C)C)ccnc2C1. The summed E-state index contributed by atoms with van der Waals surface area (Å²) in [7, 11) is 0. The summed E-state index contributed by atoms with van der Waals surface area (Å²) in [5.74, 6) is 1.65. The molecule has 1 aliphatic carbocycles. The zero-order valence-electron chi connectivity index (χ0n) is 18.0. The summed E-state index contributed by atoms with van der Waals surface area (Å²) in [5.41, 5.74) is 4.66. The van der Waals surface area contributed by atoms with E-state index in [2.05, 4.69) is 47.1 Å². The van der Waals surface area contributed by atoms with Crippen molar-refractivity contribution < 1.29 is 9.21 Å². The third kappa shape index (κ3) is 3.13. The van der Waals surface area contributed by atoms with Gasteiger partial charge in [-0.05, 0) is 56.2 Å². The number of fused-ring (bicyclic) bond motifs is 2. The molecule has 1 N–H and O–H groups in total. The Morgan fingerprint density at radius 1 is 1.27 bits per heavy atom. The summed E-state index contributed by atoms with van der Waals surface area (Å²) in [4.78, 5) is 28.8. The van der Waals surface area contributed by atoms with Crippen molar-refractivity contribution in [2.45, 2.75) is 65.0 Å². The second kappa shape index (κ2) is 6.79. The van der Waals surface area contributed by atoms with E-state index in [0.717, 1.165) is 25.0 Å². The molecule has 7 heteroatoms. The molecule has 5 rings (SSSR count). The van der Waals surface area contributed by atoms with E-state index in [1.54, 1.807) is 0 Å². The minimum absolute atomic E-state index is 0.0357. The molecule has 3 aromatic heterocycles. The second-order valence-corrected chi connectivity index (χ2v) is 9.08. The average Bonchev–Trinajstić information content (AvgIpc) is 3.34. The smallest absolute Gasteiger partial charge is 0.258 e. The van der Waals surface area contributed by atoms with Crippen LogP contribution in [0.15, 0.2) is 23.0 Å². The van der Waals surface area contributed by atoms with Gasteiger partial charge in [0.15, 0.2) is 0 Å². The van der Waals surface area contributed by atoms with Gasteiger partial charge in [-0.3, -0.25) is 9.78 Å². The fraction of sp³-hybridized carbons (Fsp3) is 0.478. The molecule has 0 radical (unpaired) electrons. The van der Waals surface area contributed by atoms with E-state index in [0.29, 0.717) is 47.2 Å². The van der Waals surface area contributed by atoms with Gasteiger partial charge in [-0.1, -0.05) is 13.8 Å². The predicted molar refractivity (Wildman–Crippen MR) is 115 cm³/mol. The molecular weight excluding hydrogens is 378 g/mol. The van der Waals surface area contributed by atoms with Crippen LogP contribution in [0, 0.1) is 6.92 Å². The van der Waals surface area contributed by atoms with Crippen LogP contribution in [0.3, 0.4) is 0 Å². The van der Waals surface area contributed by atoms with Gasteiger partial charge in [0.2, 0.25) is 5.71 Å². The largest absolute Gasteiger partial charge is 0.442 e. The van der Waals surface area contributed by atoms with E-state index >= 15 is 0 Å². The van der Waals surface area contributed by atoms with Gasteiger partial charge in [-0.25, -0.2) is 9.97 Å². The third-order valence-electron chi connectivity index (χ3n) is 6.36. The number of pyridine rings is 1. The number of carbonyl (C=O) groups excluding carboxylic acids is 1. The molecule has 0 atom stereocenters. The highest BCUT2D eigenvalue weighted by Gasteiger charge is 2.39. The van der Waals surface area contributed by atoms with Crippen LogP contribution in [0.2, 0.25) is 0 Å². The number of furan rings is 1. The van der Waals surface area contributed by atoms with Gasteiger partial charge in [0.25, 0.3) is 5.91 Å². The minimum atomic E-state index is -0.0487. The third-order valence-corrected chi connectivity index (χ3v) is 6.36. The first kappa shape index (κ1) is 19.0. The van der Waals surface area contributed by atoms with Crippen molar-refractivity contribution in [3.63, 3.8) is 0 Å². The van der Waals surface area contributed by atoms with Crippen LogP contribution in [-0.4, -0.2) is 37.8 Å². The minimum Gasteiger partial charge on any atom is -0.442 e. The van der Waals surface area contributed by atoms with Crippen LogP contribution in [-0.2, 0) is 13.0 Å². The fourth-order valence-electron chi connectivity index (χ4n) is 4.35. The van der Waals surface area contributed by atoms with Crippen LogP contribution in [0.25, 0.3) is 11.1 Å². The van der Waals surface area contributed by atoms with Gasteiger partial charge >= 0.3 is 0 Å². The molecule has 4 heterocycles. The molecule has 1 saturated carbocycles. The van der Waals surface area contributed by atoms with Gasteiger partial charge in [-0.15, -0.1) is 0 Å². The maximum Gasteiger partial charge on any atom is 0.258 e. The predicted octanol–water partition coefficient (Wildman–Crippen LogP) is 4.21. The maximum absolute atomic E-state index is 13.6. The number of rotatable bonds is 4. The van der Waals surface area contributed by atoms with Crippen molar-refractivity contribution >= 4 is 22.8 Å². The Kier molecular flexibility index (Phi) is 4.31. The number of carbonyl (C=O) groups is 1. The van der Waals surface area contributed by atoms with Crippen LogP contribution in [0.5, 0.6) is 0 Å². The lowest BCUT2D eigenvalue weighted by atomic mass is 9.92. The molecule has 0 saturated heterocycles. The van der Waals surface area contributed by atoms with E-state index in [4.69, 9.17) is 4.42 Å². The molecule has 1 aliphatic heterocycles. The first-order valence-corrected chi connectivity index (χ1v) is 10.6. The molecule has 0 unspecified atom stereocenters. The molecule has 0 spiro atoms. The highest BCUT2D eigenvalue weighted by molar-refractivity contribution is 6.10. The highest BCUT2D eigenvalue weighted by atomic mass is 16.3. The number of amides is 1. The lowest BCUT2D eigenvalue weighted by Crippen LogP contribution is -2.37. The Morgan fingerprint density at radius 3 is 2.80 bits per heavy atom. The normalized spacial score (nSPS) is 17.3. The Morgan fingerprint density at radius 2 is 2.07 bits per heavy atom. The zero-order valence-corrected chi connectivity index (χ0v) is 18.0. The monoisotopic (exact) mass is 405 g/mol. The maximum atomic E-state index is 13.6. The van der Waals surface area contributed by atoms with Gasteiger partial charge in [0.05, 0.1) is 23.2 Å². The standard InChI is InChI=1S/C23H27N5O2/c1-13(2)15-5-9-24-17-11-28(10-6-16(15)17)22(29)18-14(3)30-21-19(18)20(25-12-26-21)27-23(4)7-8-23/h5,9,12-13H,6-8,10-11H2,1-4H3,(H,25,26,27). The Labute approximate surface area is 175 Å². The first-order chi connectivity index (χ1) is 14.4. The van der Waals surface area contributed by atoms with Crippen molar-refractivity contribution in [3.05, 3.63) is 46.7 Å². The van der Waals surface area contributed by atoms with E-state index in [1.807, 2.05) is 18.0 Å². The molecule has 30 heavy (non-hydrogen) atoms. The van der Waals surface area contributed by atoms with Crippen molar-refractivity contribution in [1.82, 2.24) is 19.9 Å². The van der Waals surface area contributed by atoms with E-state index in [9.17, 15) is 4.79 Å². The zero-order chi connectivity index (χ0) is 21.0. The molecule has 1 amide bonds. The molecule has 2 aliphatic rings. The molecule has 0 bridgehead atoms. The molecule has 7 nitrogen and oxygen atoms in total. The quantitative estimate of drug-likeness (QED) is 0.700. The van der Waals surface area contributed by atoms with Gasteiger partial charge in [0, 0.05) is 18.3 Å². The van der Waals surface area contributed by atoms with Crippen molar-refractivity contribution in [2.24, 2.45) is 0 Å². The molecule has 1 fully saturated rings. The van der Waals surface area contributed by atoms with E-state index < -0.39 is 0 Å². The summed E-state index contributed by atoms with van der Waals surface area (Å²) in [6, 6.07) is 2.10. The van der Waals surface area contributed by atoms with Crippen molar-refractivity contribution in [2.75, 3.05) is 11.9 Å². The van der Waals surface area contributed by atoms with Crippen LogP contribution in [0.4, 0.5) is 5.82 Å². The number of nitrogens with one attached hydrogen (secondary N) is 1. The summed E-state index contributed by atoms with van der Waals surface area (Å²) in [6.07, 6.45) is 6.34. The first-order valence-electron chi connectivity index (χ1n) is 10.6. The highest BCUT2D eigenvalue weighted by Crippen LogP contribution is 2.40. The summed E-state index contributed by atoms with van der Waals surface area (Å²) in [5, 5.41) is 4.17. The van der Waals surface area contributed by atoms with E-state index in [-0.39, 0.29) is 11.4 Å². The van der Waals surface area contributed by atoms with Crippen LogP contribution >= 0.6 is 0 Å². The fourth-order valence-corrected chi connectivity index (χ4v) is 4.35. The molecular formula is C23H27N5O2. The second-order valence-electron chi connectivity index (χ2n) is 9.08. The van der Waals surface area contributed by atoms with Crippen LogP contribution < -0.4 is 5.32 Å². The van der Waals surface area contributed by atoms with Gasteiger partial charge in [0.1, 0.15) is 17.9 Å². The lowest BCUT2D eigenvalue weighted by molar-refractivity contribution is 0.0731. The Balaban J connectivity index is 1.51. The Bertz CT molecular complexity index is 1150. The molecule has 156 valence electrons. The van der Waals surface area contributed by atoms with Gasteiger partial charge < -0.3 is 14.6 Å². The molecule has 0 aromatic carbocycles. The van der Waals surface area contributed by atoms with E-state index in [1.165, 1.54) is 17.5 Å². The summed E-state index contributed by atoms with van der Waals surface area (Å²) < 4.78 is 5.85. The van der Waals surface area contributed by atoms with Crippen LogP contribution in [0.1, 0.15) is 72.5 Å². The number of nitrogens with zero attached hydrogens (tertiary/aromatic N) is 4. The number of anilines is 1. The van der Waals surface area contributed by atoms with Gasteiger partial charge in [-0.2, -0.15) is 0 Å². The van der Waals surface area contributed by atoms with Crippen molar-refractivity contribution in [3.8, 4) is 0 Å². The van der Waals surface area contributed by atoms with Crippen molar-refractivity contribution in [1.29, 1.82) is 0 Å². The molecule has 3 aromatic rings.